The van der Waals surface area contributed by atoms with E-state index in [1.807, 2.05) is 37.3 Å². The third-order valence-corrected chi connectivity index (χ3v) is 6.58. The zero-order valence-corrected chi connectivity index (χ0v) is 20.7. The van der Waals surface area contributed by atoms with Gasteiger partial charge in [0.15, 0.2) is 0 Å². The van der Waals surface area contributed by atoms with E-state index in [0.29, 0.717) is 12.1 Å². The quantitative estimate of drug-likeness (QED) is 0.229. The predicted octanol–water partition coefficient (Wildman–Crippen LogP) is 6.66. The lowest BCUT2D eigenvalue weighted by Crippen LogP contribution is -2.37. The molecule has 0 amide bonds. The minimum absolute atomic E-state index is 0.0271. The highest BCUT2D eigenvalue weighted by atomic mass is 16.5. The van der Waals surface area contributed by atoms with Crippen LogP contribution >= 0.6 is 0 Å². The highest BCUT2D eigenvalue weighted by Gasteiger charge is 2.30. The van der Waals surface area contributed by atoms with Crippen molar-refractivity contribution < 1.29 is 14.3 Å². The molecule has 4 heteroatoms. The van der Waals surface area contributed by atoms with Crippen LogP contribution in [0.2, 0.25) is 0 Å². The fourth-order valence-electron chi connectivity index (χ4n) is 4.79. The molecule has 3 atom stereocenters. The van der Waals surface area contributed by atoms with Crippen molar-refractivity contribution in [3.8, 4) is 5.75 Å². The first-order chi connectivity index (χ1) is 17.0. The first-order valence-corrected chi connectivity index (χ1v) is 12.1. The lowest BCUT2D eigenvalue weighted by Gasteiger charge is -2.33. The molecule has 0 saturated carbocycles. The number of hydrogen-bond acceptors (Lipinski definition) is 4. The number of methoxy groups -OCH3 is 1. The number of allylic oxidation sites excluding steroid dienone is 3. The van der Waals surface area contributed by atoms with Gasteiger partial charge in [-0.1, -0.05) is 79.4 Å². The van der Waals surface area contributed by atoms with Crippen molar-refractivity contribution in [1.82, 2.24) is 5.32 Å². The van der Waals surface area contributed by atoms with Crippen molar-refractivity contribution in [2.75, 3.05) is 13.7 Å². The zero-order chi connectivity index (χ0) is 24.8. The molecule has 0 saturated heterocycles. The van der Waals surface area contributed by atoms with Crippen LogP contribution in [0.5, 0.6) is 5.75 Å². The first kappa shape index (κ1) is 24.5. The molecule has 0 spiro atoms. The van der Waals surface area contributed by atoms with Gasteiger partial charge in [0, 0.05) is 24.1 Å². The van der Waals surface area contributed by atoms with Crippen LogP contribution in [0, 0.1) is 0 Å². The van der Waals surface area contributed by atoms with Crippen LogP contribution < -0.4 is 10.1 Å². The molecule has 4 nitrogen and oxygen atoms in total. The molecule has 0 bridgehead atoms. The molecule has 4 rings (SSSR count). The number of ether oxygens (including phenoxy) is 2. The number of nitrogens with one attached hydrogen (secondary N) is 1. The van der Waals surface area contributed by atoms with Crippen molar-refractivity contribution in [3.63, 3.8) is 0 Å². The van der Waals surface area contributed by atoms with Crippen molar-refractivity contribution in [1.29, 1.82) is 0 Å². The summed E-state index contributed by atoms with van der Waals surface area (Å²) in [6, 6.07) is 23.2. The van der Waals surface area contributed by atoms with E-state index in [9.17, 15) is 4.79 Å². The molecule has 0 fully saturated rings. The molecule has 1 N–H and O–H groups in total. The summed E-state index contributed by atoms with van der Waals surface area (Å²) in [6.07, 6.45) is 6.16. The SMILES string of the molecule is C=C(/C=C(\C=C/C)C(=O)OC)[C@@H]1C[C@H](CN[C@H](C)c2cccc3ccccc23)Oc2ccccc21. The Hall–Kier alpha value is -3.63. The van der Waals surface area contributed by atoms with Gasteiger partial charge in [0.1, 0.15) is 11.9 Å². The van der Waals surface area contributed by atoms with E-state index in [4.69, 9.17) is 9.47 Å². The van der Waals surface area contributed by atoms with Gasteiger partial charge in [0.05, 0.1) is 12.7 Å². The van der Waals surface area contributed by atoms with Gasteiger partial charge in [-0.3, -0.25) is 0 Å². The van der Waals surface area contributed by atoms with E-state index in [0.717, 1.165) is 23.3 Å². The van der Waals surface area contributed by atoms with E-state index < -0.39 is 0 Å². The fourth-order valence-corrected chi connectivity index (χ4v) is 4.79. The highest BCUT2D eigenvalue weighted by Crippen LogP contribution is 2.40. The Labute approximate surface area is 208 Å². The molecule has 0 aromatic heterocycles. The minimum Gasteiger partial charge on any atom is -0.489 e. The second-order valence-corrected chi connectivity index (χ2v) is 8.93. The van der Waals surface area contributed by atoms with E-state index in [2.05, 4.69) is 67.4 Å². The van der Waals surface area contributed by atoms with Gasteiger partial charge in [-0.15, -0.1) is 0 Å². The van der Waals surface area contributed by atoms with Gasteiger partial charge in [0.25, 0.3) is 0 Å². The van der Waals surface area contributed by atoms with Crippen molar-refractivity contribution >= 4 is 16.7 Å². The molecular weight excluding hydrogens is 434 g/mol. The molecule has 1 heterocycles. The second kappa shape index (κ2) is 11.2. The molecule has 0 unspecified atom stereocenters. The molecular formula is C31H33NO3. The summed E-state index contributed by atoms with van der Waals surface area (Å²) in [6.45, 7) is 9.10. The van der Waals surface area contributed by atoms with Crippen molar-refractivity contribution in [2.45, 2.75) is 38.3 Å². The van der Waals surface area contributed by atoms with Gasteiger partial charge in [-0.05, 0) is 54.3 Å². The van der Waals surface area contributed by atoms with Crippen LogP contribution in [0.15, 0.2) is 103 Å². The number of carbonyl (C=O) groups excluding carboxylic acids is 1. The Morgan fingerprint density at radius 3 is 2.69 bits per heavy atom. The van der Waals surface area contributed by atoms with Crippen molar-refractivity contribution in [3.05, 3.63) is 114 Å². The maximum absolute atomic E-state index is 12.2. The highest BCUT2D eigenvalue weighted by molar-refractivity contribution is 5.92. The number of carbonyl (C=O) groups is 1. The van der Waals surface area contributed by atoms with Crippen LogP contribution in [0.1, 0.15) is 43.4 Å². The monoisotopic (exact) mass is 467 g/mol. The Bertz CT molecular complexity index is 1270. The summed E-state index contributed by atoms with van der Waals surface area (Å²) in [7, 11) is 1.39. The molecule has 3 aromatic rings. The summed E-state index contributed by atoms with van der Waals surface area (Å²) in [5.74, 6) is 0.546. The number of fused-ring (bicyclic) bond motifs is 2. The van der Waals surface area contributed by atoms with Crippen molar-refractivity contribution in [2.24, 2.45) is 0 Å². The molecule has 35 heavy (non-hydrogen) atoms. The van der Waals surface area contributed by atoms with Gasteiger partial charge in [0.2, 0.25) is 0 Å². The number of esters is 1. The maximum atomic E-state index is 12.2. The standard InChI is InChI=1S/C31H33NO3/c1-5-11-24(31(33)34-4)18-21(2)29-19-25(35-30-17-9-8-15-28(29)30)20-32-22(3)26-16-10-13-23-12-6-7-14-27(23)26/h5-18,22,25,29,32H,2,19-20H2,1,3-4H3/b11-5-,24-18+/t22-,25-,29+/m1/s1. The number of para-hydroxylation sites is 1. The Morgan fingerprint density at radius 2 is 1.89 bits per heavy atom. The average molecular weight is 468 g/mol. The van der Waals surface area contributed by atoms with Crippen LogP contribution in [0.3, 0.4) is 0 Å². The maximum Gasteiger partial charge on any atom is 0.337 e. The molecule has 3 aromatic carbocycles. The average Bonchev–Trinajstić information content (AvgIpc) is 2.90. The molecule has 0 aliphatic carbocycles. The van der Waals surface area contributed by atoms with Crippen LogP contribution in [-0.2, 0) is 9.53 Å². The number of hydrogen-bond donors (Lipinski definition) is 1. The van der Waals surface area contributed by atoms with E-state index in [-0.39, 0.29) is 24.0 Å². The lowest BCUT2D eigenvalue weighted by atomic mass is 9.83. The molecule has 1 aliphatic heterocycles. The molecule has 0 radical (unpaired) electrons. The van der Waals surface area contributed by atoms with Gasteiger partial charge >= 0.3 is 5.97 Å². The van der Waals surface area contributed by atoms with E-state index >= 15 is 0 Å². The second-order valence-electron chi connectivity index (χ2n) is 8.93. The number of rotatable bonds is 8. The fraction of sp³-hybridized carbons (Fsp3) is 0.258. The Balaban J connectivity index is 1.53. The number of benzene rings is 3. The van der Waals surface area contributed by atoms with Gasteiger partial charge < -0.3 is 14.8 Å². The first-order valence-electron chi connectivity index (χ1n) is 12.1. The van der Waals surface area contributed by atoms with Gasteiger partial charge in [-0.2, -0.15) is 0 Å². The summed E-state index contributed by atoms with van der Waals surface area (Å²) < 4.78 is 11.3. The predicted molar refractivity (Wildman–Crippen MR) is 143 cm³/mol. The third-order valence-electron chi connectivity index (χ3n) is 6.58. The molecule has 1 aliphatic rings. The topological polar surface area (TPSA) is 47.6 Å². The van der Waals surface area contributed by atoms with E-state index in [1.54, 1.807) is 6.08 Å². The largest absolute Gasteiger partial charge is 0.489 e. The smallest absolute Gasteiger partial charge is 0.337 e. The lowest BCUT2D eigenvalue weighted by molar-refractivity contribution is -0.135. The molecule has 180 valence electrons. The minimum atomic E-state index is -0.369. The van der Waals surface area contributed by atoms with Crippen LogP contribution in [0.4, 0.5) is 0 Å². The third kappa shape index (κ3) is 5.55. The van der Waals surface area contributed by atoms with Gasteiger partial charge in [-0.25, -0.2) is 4.79 Å². The Kier molecular flexibility index (Phi) is 7.84. The Morgan fingerprint density at radius 1 is 1.14 bits per heavy atom. The summed E-state index contributed by atoms with van der Waals surface area (Å²) in [5.41, 5.74) is 3.73. The summed E-state index contributed by atoms with van der Waals surface area (Å²) >= 11 is 0. The summed E-state index contributed by atoms with van der Waals surface area (Å²) in [5, 5.41) is 6.19. The van der Waals surface area contributed by atoms with Crippen LogP contribution in [0.25, 0.3) is 10.8 Å². The zero-order valence-electron chi connectivity index (χ0n) is 20.7. The van der Waals surface area contributed by atoms with E-state index in [1.165, 1.54) is 23.4 Å². The van der Waals surface area contributed by atoms with Crippen LogP contribution in [-0.4, -0.2) is 25.7 Å². The normalized spacial score (nSPS) is 18.7. The summed E-state index contributed by atoms with van der Waals surface area (Å²) in [4.78, 5) is 12.2.